The lowest BCUT2D eigenvalue weighted by Gasteiger charge is -2.51. The van der Waals surface area contributed by atoms with Gasteiger partial charge in [0.2, 0.25) is 5.13 Å². The number of hydrogen-bond acceptors (Lipinski definition) is 9. The Morgan fingerprint density at radius 1 is 1.23 bits per heavy atom. The van der Waals surface area contributed by atoms with Crippen molar-refractivity contribution in [3.8, 4) is 27.4 Å². The van der Waals surface area contributed by atoms with Crippen molar-refractivity contribution in [2.75, 3.05) is 25.9 Å². The zero-order valence-electron chi connectivity index (χ0n) is 23.8. The number of aryl methyl sites for hydroxylation is 1. The fraction of sp³-hybridized carbons (Fsp3) is 0.571. The summed E-state index contributed by atoms with van der Waals surface area (Å²) in [6.07, 6.45) is 4.92. The first kappa shape index (κ1) is 28.3. The monoisotopic (exact) mass is 572 g/mol. The molecule has 2 aromatic heterocycles. The first-order valence-electron chi connectivity index (χ1n) is 13.5. The maximum atomic E-state index is 16.1. The van der Waals surface area contributed by atoms with Gasteiger partial charge in [0.25, 0.3) is 0 Å². The molecule has 2 saturated heterocycles. The molecule has 4 atom stereocenters. The van der Waals surface area contributed by atoms with Gasteiger partial charge in [0, 0.05) is 39.0 Å². The number of aromatic nitrogens is 4. The predicted molar refractivity (Wildman–Crippen MR) is 151 cm³/mol. The maximum absolute atomic E-state index is 16.1. The van der Waals surface area contributed by atoms with Crippen LogP contribution >= 0.6 is 11.3 Å². The van der Waals surface area contributed by atoms with E-state index in [4.69, 9.17) is 14.2 Å². The number of anilines is 1. The molecule has 2 aliphatic rings. The van der Waals surface area contributed by atoms with E-state index >= 15 is 4.39 Å². The third-order valence-electron chi connectivity index (χ3n) is 7.44. The predicted octanol–water partition coefficient (Wildman–Crippen LogP) is 5.29. The number of hydrogen-bond donors (Lipinski definition) is 0. The number of halogens is 1. The summed E-state index contributed by atoms with van der Waals surface area (Å²) in [5, 5.41) is 14.4. The van der Waals surface area contributed by atoms with Crippen LogP contribution in [0.5, 0.6) is 5.75 Å². The van der Waals surface area contributed by atoms with E-state index in [1.807, 2.05) is 64.2 Å². The minimum absolute atomic E-state index is 0.0745. The van der Waals surface area contributed by atoms with Gasteiger partial charge in [0.15, 0.2) is 11.8 Å². The second-order valence-corrected chi connectivity index (χ2v) is 12.4. The number of carbonyl (C=O) groups is 1. The molecule has 12 heteroatoms. The van der Waals surface area contributed by atoms with Crippen molar-refractivity contribution in [1.82, 2.24) is 24.9 Å². The van der Waals surface area contributed by atoms with E-state index in [9.17, 15) is 4.79 Å². The second kappa shape index (κ2) is 11.3. The molecule has 0 saturated carbocycles. The lowest BCUT2D eigenvalue weighted by atomic mass is 9.80. The zero-order valence-corrected chi connectivity index (χ0v) is 24.7. The van der Waals surface area contributed by atoms with Crippen LogP contribution in [-0.2, 0) is 16.5 Å². The Hall–Kier alpha value is -3.25. The normalized spacial score (nSPS) is 22.7. The molecule has 216 valence electrons. The fourth-order valence-electron chi connectivity index (χ4n) is 5.59. The van der Waals surface area contributed by atoms with Crippen LogP contribution in [0.15, 0.2) is 30.6 Å². The third kappa shape index (κ3) is 5.78. The van der Waals surface area contributed by atoms with Gasteiger partial charge in [-0.3, -0.25) is 9.58 Å². The van der Waals surface area contributed by atoms with E-state index in [2.05, 4.69) is 15.3 Å². The third-order valence-corrected chi connectivity index (χ3v) is 8.48. The second-order valence-electron chi connectivity index (χ2n) is 11.5. The van der Waals surface area contributed by atoms with Crippen LogP contribution < -0.4 is 9.64 Å². The number of rotatable bonds is 7. The van der Waals surface area contributed by atoms with Gasteiger partial charge in [-0.05, 0) is 64.2 Å². The summed E-state index contributed by atoms with van der Waals surface area (Å²) < 4.78 is 34.5. The van der Waals surface area contributed by atoms with Gasteiger partial charge in [-0.2, -0.15) is 5.10 Å². The van der Waals surface area contributed by atoms with Gasteiger partial charge >= 0.3 is 6.09 Å². The zero-order chi connectivity index (χ0) is 28.6. The van der Waals surface area contributed by atoms with Crippen LogP contribution in [0, 0.1) is 0 Å². The Balaban J connectivity index is 1.37. The first-order chi connectivity index (χ1) is 19.1. The van der Waals surface area contributed by atoms with Gasteiger partial charge in [-0.15, -0.1) is 10.2 Å². The number of carbonyl (C=O) groups excluding carboxylic acids is 1. The van der Waals surface area contributed by atoms with E-state index < -0.39 is 29.9 Å². The van der Waals surface area contributed by atoms with Gasteiger partial charge in [0.05, 0.1) is 23.8 Å². The molecule has 0 aliphatic carbocycles. The molecular formula is C28H37FN6O4S. The van der Waals surface area contributed by atoms with Crippen molar-refractivity contribution in [3.63, 3.8) is 0 Å². The number of methoxy groups -OCH3 is 1. The Morgan fingerprint density at radius 3 is 2.73 bits per heavy atom. The highest BCUT2D eigenvalue weighted by Crippen LogP contribution is 2.42. The number of benzene rings is 1. The molecule has 2 fully saturated rings. The van der Waals surface area contributed by atoms with E-state index in [-0.39, 0.29) is 12.8 Å². The average molecular weight is 573 g/mol. The van der Waals surface area contributed by atoms with Gasteiger partial charge in [-0.25, -0.2) is 9.18 Å². The summed E-state index contributed by atoms with van der Waals surface area (Å²) in [6.45, 7) is 5.58. The molecule has 10 nitrogen and oxygen atoms in total. The number of fused-ring (bicyclic) bond motifs is 2. The van der Waals surface area contributed by atoms with Crippen LogP contribution in [0.4, 0.5) is 14.3 Å². The first-order valence-corrected chi connectivity index (χ1v) is 14.3. The van der Waals surface area contributed by atoms with Crippen molar-refractivity contribution in [1.29, 1.82) is 0 Å². The summed E-state index contributed by atoms with van der Waals surface area (Å²) >= 11 is 1.38. The molecule has 0 N–H and O–H groups in total. The molecule has 40 heavy (non-hydrogen) atoms. The smallest absolute Gasteiger partial charge is 0.410 e. The summed E-state index contributed by atoms with van der Waals surface area (Å²) in [7, 11) is 5.30. The molecule has 0 spiro atoms. The molecule has 4 heterocycles. The van der Waals surface area contributed by atoms with Gasteiger partial charge in [0.1, 0.15) is 17.5 Å². The van der Waals surface area contributed by atoms with E-state index in [0.29, 0.717) is 28.7 Å². The molecule has 0 radical (unpaired) electrons. The lowest BCUT2D eigenvalue weighted by Crippen LogP contribution is -2.65. The molecule has 2 bridgehead atoms. The maximum Gasteiger partial charge on any atom is 0.410 e. The van der Waals surface area contributed by atoms with Gasteiger partial charge < -0.3 is 19.1 Å². The standard InChI is InChI=1S/C28H37FN6O4S/c1-28(2,3)39-27(36)35-19-8-7-9-21(35)24(29)22(13-19)34(5)26-32-31-25(40-26)20-11-10-17(12-23(20)38-16-37-6)18-14-30-33(4)15-18/h10-12,14-15,19,21-22,24H,7-9,13,16H2,1-6H3/t19-,21+,22-,24+/m0/s1. The number of alkyl halides is 1. The van der Waals surface area contributed by atoms with Crippen molar-refractivity contribution in [3.05, 3.63) is 30.6 Å². The minimum Gasteiger partial charge on any atom is -0.467 e. The van der Waals surface area contributed by atoms with E-state index in [1.165, 1.54) is 11.3 Å². The summed E-state index contributed by atoms with van der Waals surface area (Å²) in [5.74, 6) is 0.608. The largest absolute Gasteiger partial charge is 0.467 e. The Labute approximate surface area is 238 Å². The minimum atomic E-state index is -1.24. The molecule has 5 rings (SSSR count). The number of amides is 1. The summed E-state index contributed by atoms with van der Waals surface area (Å²) in [5.41, 5.74) is 2.06. The van der Waals surface area contributed by atoms with Crippen LogP contribution in [0.25, 0.3) is 21.7 Å². The lowest BCUT2D eigenvalue weighted by molar-refractivity contribution is -0.0466. The molecule has 2 aliphatic heterocycles. The highest BCUT2D eigenvalue weighted by molar-refractivity contribution is 7.18. The summed E-state index contributed by atoms with van der Waals surface area (Å²) in [6, 6.07) is 4.85. The Bertz CT molecular complexity index is 1340. The quantitative estimate of drug-likeness (QED) is 0.353. The van der Waals surface area contributed by atoms with Crippen LogP contribution in [0.1, 0.15) is 46.5 Å². The van der Waals surface area contributed by atoms with E-state index in [1.54, 1.807) is 22.9 Å². The highest BCUT2D eigenvalue weighted by atomic mass is 32.1. The Kier molecular flexibility index (Phi) is 8.01. The number of nitrogens with zero attached hydrogens (tertiary/aromatic N) is 6. The van der Waals surface area contributed by atoms with Crippen LogP contribution in [-0.4, -0.2) is 81.8 Å². The molecule has 1 aromatic carbocycles. The van der Waals surface area contributed by atoms with Crippen molar-refractivity contribution < 1.29 is 23.4 Å². The van der Waals surface area contributed by atoms with E-state index in [0.717, 1.165) is 29.5 Å². The topological polar surface area (TPSA) is 94.8 Å². The fourth-order valence-corrected chi connectivity index (χ4v) is 6.49. The van der Waals surface area contributed by atoms with Crippen LogP contribution in [0.2, 0.25) is 0 Å². The Morgan fingerprint density at radius 2 is 2.02 bits per heavy atom. The molecule has 3 aromatic rings. The molecule has 0 unspecified atom stereocenters. The summed E-state index contributed by atoms with van der Waals surface area (Å²) in [4.78, 5) is 16.5. The molecule has 1 amide bonds. The van der Waals surface area contributed by atoms with Crippen molar-refractivity contribution in [2.24, 2.45) is 7.05 Å². The SMILES string of the molecule is COCOc1cc(-c2cnn(C)c2)ccc1-c1nnc(N(C)[C@H]2C[C@@H]3CCC[C@H]([C@H]2F)N3C(=O)OC(C)(C)C)s1. The number of ether oxygens (including phenoxy) is 3. The average Bonchev–Trinajstić information content (AvgIpc) is 3.57. The molecular weight excluding hydrogens is 535 g/mol. The van der Waals surface area contributed by atoms with Gasteiger partial charge in [-0.1, -0.05) is 17.4 Å². The number of piperidine rings is 2. The highest BCUT2D eigenvalue weighted by Gasteiger charge is 2.50. The van der Waals surface area contributed by atoms with Crippen molar-refractivity contribution >= 4 is 22.6 Å². The van der Waals surface area contributed by atoms with Crippen molar-refractivity contribution in [2.45, 2.75) is 76.4 Å². The van der Waals surface area contributed by atoms with Crippen LogP contribution in [0.3, 0.4) is 0 Å².